The van der Waals surface area contributed by atoms with Crippen LogP contribution in [-0.4, -0.2) is 48.3 Å². The van der Waals surface area contributed by atoms with E-state index in [1.807, 2.05) is 24.8 Å². The molecule has 3 rings (SSSR count). The number of nitrogens with one attached hydrogen (secondary N) is 3. The first-order valence-electron chi connectivity index (χ1n) is 11.8. The fourth-order valence-electron chi connectivity index (χ4n) is 3.75. The van der Waals surface area contributed by atoms with Crippen LogP contribution in [0.2, 0.25) is 0 Å². The van der Waals surface area contributed by atoms with Gasteiger partial charge in [-0.05, 0) is 62.6 Å². The van der Waals surface area contributed by atoms with E-state index in [2.05, 4.69) is 16.0 Å². The summed E-state index contributed by atoms with van der Waals surface area (Å²) in [5.41, 5.74) is 2.40. The minimum atomic E-state index is -0.233. The van der Waals surface area contributed by atoms with Gasteiger partial charge in [-0.3, -0.25) is 14.4 Å². The van der Waals surface area contributed by atoms with Gasteiger partial charge in [-0.1, -0.05) is 31.9 Å². The van der Waals surface area contributed by atoms with Crippen LogP contribution in [0.4, 0.5) is 11.4 Å². The summed E-state index contributed by atoms with van der Waals surface area (Å²) in [5.74, 6) is -0.356. The molecule has 1 fully saturated rings. The molecule has 0 saturated carbocycles. The minimum absolute atomic E-state index is 0.0126. The average Bonchev–Trinajstić information content (AvgIpc) is 3.12. The van der Waals surface area contributed by atoms with Crippen molar-refractivity contribution in [2.75, 3.05) is 30.3 Å². The summed E-state index contributed by atoms with van der Waals surface area (Å²) in [5, 5.41) is 8.83. The first-order chi connectivity index (χ1) is 16.0. The Morgan fingerprint density at radius 2 is 1.55 bits per heavy atom. The number of anilines is 2. The molecule has 33 heavy (non-hydrogen) atoms. The Bertz CT molecular complexity index is 968. The highest BCUT2D eigenvalue weighted by atomic mass is 16.2. The van der Waals surface area contributed by atoms with E-state index in [1.165, 1.54) is 0 Å². The Labute approximate surface area is 195 Å². The highest BCUT2D eigenvalue weighted by Gasteiger charge is 2.17. The lowest BCUT2D eigenvalue weighted by Gasteiger charge is -2.20. The van der Waals surface area contributed by atoms with Crippen LogP contribution < -0.4 is 16.0 Å². The SMILES string of the molecule is CCC(C)NC(=O)c1cccc(NCC(=O)Nc2cccc(C(=O)N3CCCCCC3)c2)c1. The molecule has 3 N–H and O–H groups in total. The van der Waals surface area contributed by atoms with Gasteiger partial charge in [0.2, 0.25) is 5.91 Å². The number of benzene rings is 2. The Balaban J connectivity index is 1.55. The maximum atomic E-state index is 12.8. The quantitative estimate of drug-likeness (QED) is 0.560. The van der Waals surface area contributed by atoms with E-state index in [0.29, 0.717) is 22.5 Å². The molecule has 3 amide bonds. The van der Waals surface area contributed by atoms with Crippen LogP contribution in [-0.2, 0) is 4.79 Å². The van der Waals surface area contributed by atoms with E-state index in [-0.39, 0.29) is 30.3 Å². The summed E-state index contributed by atoms with van der Waals surface area (Å²) in [4.78, 5) is 39.5. The van der Waals surface area contributed by atoms with Gasteiger partial charge in [0.15, 0.2) is 0 Å². The van der Waals surface area contributed by atoms with Gasteiger partial charge in [-0.15, -0.1) is 0 Å². The van der Waals surface area contributed by atoms with Gasteiger partial charge < -0.3 is 20.9 Å². The third-order valence-electron chi connectivity index (χ3n) is 5.85. The van der Waals surface area contributed by atoms with E-state index < -0.39 is 0 Å². The van der Waals surface area contributed by atoms with Crippen molar-refractivity contribution in [1.82, 2.24) is 10.2 Å². The summed E-state index contributed by atoms with van der Waals surface area (Å²) >= 11 is 0. The van der Waals surface area contributed by atoms with E-state index in [9.17, 15) is 14.4 Å². The molecule has 1 unspecified atom stereocenters. The Morgan fingerprint density at radius 1 is 0.909 bits per heavy atom. The number of rotatable bonds is 8. The smallest absolute Gasteiger partial charge is 0.253 e. The van der Waals surface area contributed by atoms with Crippen LogP contribution in [0.3, 0.4) is 0 Å². The van der Waals surface area contributed by atoms with Crippen molar-refractivity contribution in [2.45, 2.75) is 52.0 Å². The third-order valence-corrected chi connectivity index (χ3v) is 5.85. The Kier molecular flexibility index (Phi) is 8.87. The van der Waals surface area contributed by atoms with Crippen molar-refractivity contribution in [1.29, 1.82) is 0 Å². The maximum absolute atomic E-state index is 12.8. The van der Waals surface area contributed by atoms with Crippen molar-refractivity contribution in [3.63, 3.8) is 0 Å². The molecular weight excluding hydrogens is 416 g/mol. The van der Waals surface area contributed by atoms with Crippen LogP contribution in [0.5, 0.6) is 0 Å². The lowest BCUT2D eigenvalue weighted by Crippen LogP contribution is -2.32. The highest BCUT2D eigenvalue weighted by molar-refractivity contribution is 5.98. The van der Waals surface area contributed by atoms with E-state index in [1.54, 1.807) is 42.5 Å². The molecule has 7 nitrogen and oxygen atoms in total. The summed E-state index contributed by atoms with van der Waals surface area (Å²) in [6, 6.07) is 14.2. The topological polar surface area (TPSA) is 90.5 Å². The van der Waals surface area contributed by atoms with Crippen molar-refractivity contribution < 1.29 is 14.4 Å². The van der Waals surface area contributed by atoms with Crippen molar-refractivity contribution in [3.8, 4) is 0 Å². The lowest BCUT2D eigenvalue weighted by atomic mass is 10.1. The summed E-state index contributed by atoms with van der Waals surface area (Å²) < 4.78 is 0. The highest BCUT2D eigenvalue weighted by Crippen LogP contribution is 2.17. The summed E-state index contributed by atoms with van der Waals surface area (Å²) in [6.45, 7) is 5.59. The van der Waals surface area contributed by atoms with Crippen LogP contribution in [0, 0.1) is 0 Å². The summed E-state index contributed by atoms with van der Waals surface area (Å²) in [6.07, 6.45) is 5.26. The molecule has 1 aliphatic heterocycles. The second-order valence-corrected chi connectivity index (χ2v) is 8.55. The number of carbonyl (C=O) groups excluding carboxylic acids is 3. The fraction of sp³-hybridized carbons (Fsp3) is 0.423. The van der Waals surface area contributed by atoms with Gasteiger partial charge in [-0.25, -0.2) is 0 Å². The lowest BCUT2D eigenvalue weighted by molar-refractivity contribution is -0.114. The van der Waals surface area contributed by atoms with Crippen molar-refractivity contribution >= 4 is 29.1 Å². The van der Waals surface area contributed by atoms with Crippen LogP contribution in [0.25, 0.3) is 0 Å². The van der Waals surface area contributed by atoms with Gasteiger partial charge in [-0.2, -0.15) is 0 Å². The van der Waals surface area contributed by atoms with Gasteiger partial charge in [0.1, 0.15) is 0 Å². The molecular formula is C26H34N4O3. The molecule has 0 radical (unpaired) electrons. The zero-order valence-electron chi connectivity index (χ0n) is 19.5. The molecule has 176 valence electrons. The number of hydrogen-bond acceptors (Lipinski definition) is 4. The van der Waals surface area contributed by atoms with Gasteiger partial charge in [0.05, 0.1) is 6.54 Å². The standard InChI is InChI=1S/C26H34N4O3/c1-3-19(2)28-25(32)20-10-8-12-22(16-20)27-18-24(31)29-23-13-9-11-21(17-23)26(33)30-14-6-4-5-7-15-30/h8-13,16-17,19,27H,3-7,14-15,18H2,1-2H3,(H,28,32)(H,29,31). The Hall–Kier alpha value is -3.35. The zero-order chi connectivity index (χ0) is 23.6. The largest absolute Gasteiger partial charge is 0.376 e. The second kappa shape index (κ2) is 12.0. The Morgan fingerprint density at radius 3 is 2.24 bits per heavy atom. The van der Waals surface area contributed by atoms with Crippen molar-refractivity contribution in [2.24, 2.45) is 0 Å². The third kappa shape index (κ3) is 7.34. The monoisotopic (exact) mass is 450 g/mol. The molecule has 7 heteroatoms. The second-order valence-electron chi connectivity index (χ2n) is 8.55. The molecule has 1 aliphatic rings. The van der Waals surface area contributed by atoms with Crippen LogP contribution in [0.15, 0.2) is 48.5 Å². The minimum Gasteiger partial charge on any atom is -0.376 e. The molecule has 0 aromatic heterocycles. The predicted molar refractivity (Wildman–Crippen MR) is 132 cm³/mol. The zero-order valence-corrected chi connectivity index (χ0v) is 19.5. The number of likely N-dealkylation sites (tertiary alicyclic amines) is 1. The van der Waals surface area contributed by atoms with Crippen LogP contribution in [0.1, 0.15) is 66.7 Å². The maximum Gasteiger partial charge on any atom is 0.253 e. The molecule has 1 saturated heterocycles. The molecule has 0 spiro atoms. The van der Waals surface area contributed by atoms with Gasteiger partial charge in [0, 0.05) is 41.6 Å². The first-order valence-corrected chi connectivity index (χ1v) is 11.8. The number of amides is 3. The van der Waals surface area contributed by atoms with E-state index >= 15 is 0 Å². The van der Waals surface area contributed by atoms with Gasteiger partial charge in [0.25, 0.3) is 11.8 Å². The normalized spacial score (nSPS) is 14.7. The van der Waals surface area contributed by atoms with Crippen LogP contribution >= 0.6 is 0 Å². The number of hydrogen-bond donors (Lipinski definition) is 3. The predicted octanol–water partition coefficient (Wildman–Crippen LogP) is 4.28. The molecule has 0 bridgehead atoms. The van der Waals surface area contributed by atoms with Crippen molar-refractivity contribution in [3.05, 3.63) is 59.7 Å². The van der Waals surface area contributed by atoms with E-state index in [4.69, 9.17) is 0 Å². The fourth-order valence-corrected chi connectivity index (χ4v) is 3.75. The number of carbonyl (C=O) groups is 3. The molecule has 2 aromatic carbocycles. The van der Waals surface area contributed by atoms with Gasteiger partial charge >= 0.3 is 0 Å². The number of nitrogens with zero attached hydrogens (tertiary/aromatic N) is 1. The molecule has 1 atom stereocenters. The molecule has 1 heterocycles. The average molecular weight is 451 g/mol. The first kappa shape index (κ1) is 24.3. The van der Waals surface area contributed by atoms with E-state index in [0.717, 1.165) is 45.2 Å². The summed E-state index contributed by atoms with van der Waals surface area (Å²) in [7, 11) is 0. The molecule has 2 aromatic rings. The molecule has 0 aliphatic carbocycles.